The summed E-state index contributed by atoms with van der Waals surface area (Å²) in [6.45, 7) is -1.01. The van der Waals surface area contributed by atoms with Crippen molar-refractivity contribution < 1.29 is 34.1 Å². The summed E-state index contributed by atoms with van der Waals surface area (Å²) in [5, 5.41) is 18.9. The van der Waals surface area contributed by atoms with E-state index in [9.17, 15) is 19.5 Å². The second-order valence-electron chi connectivity index (χ2n) is 5.77. The number of carboxylic acid groups (broad SMARTS) is 1. The third-order valence-electron chi connectivity index (χ3n) is 3.91. The van der Waals surface area contributed by atoms with Gasteiger partial charge in [-0.3, -0.25) is 9.59 Å². The lowest BCUT2D eigenvalue weighted by Crippen LogP contribution is -2.37. The Morgan fingerprint density at radius 2 is 1.48 bits per heavy atom. The normalized spacial score (nSPS) is 12.8. The van der Waals surface area contributed by atoms with Crippen LogP contribution in [0.4, 0.5) is 0 Å². The van der Waals surface area contributed by atoms with Gasteiger partial charge >= 0.3 is 11.9 Å². The molecule has 0 aliphatic carbocycles. The van der Waals surface area contributed by atoms with Gasteiger partial charge in [0.15, 0.2) is 0 Å². The fourth-order valence-electron chi connectivity index (χ4n) is 2.56. The van der Waals surface area contributed by atoms with Crippen LogP contribution in [0.3, 0.4) is 0 Å². The highest BCUT2D eigenvalue weighted by Crippen LogP contribution is 2.29. The molecule has 0 aliphatic rings. The van der Waals surface area contributed by atoms with E-state index in [0.29, 0.717) is 5.56 Å². The predicted molar refractivity (Wildman–Crippen MR) is 95.1 cm³/mol. The van der Waals surface area contributed by atoms with E-state index in [1.165, 1.54) is 12.1 Å². The Morgan fingerprint density at radius 1 is 0.889 bits per heavy atom. The number of aliphatic carboxylic acids is 1. The van der Waals surface area contributed by atoms with Gasteiger partial charge in [0.05, 0.1) is 19.6 Å². The maximum atomic E-state index is 11.9. The standard InChI is InChI=1S/C20H20O7/c21-14-20(13-17(22)23,16-9-5-2-6-10-16)27-12-11-26-19(25)18(24)15-7-3-1-4-8-15/h1-10,21H,11-14H2,(H,22,23). The van der Waals surface area contributed by atoms with Crippen LogP contribution in [0.25, 0.3) is 0 Å². The van der Waals surface area contributed by atoms with Gasteiger partial charge in [-0.15, -0.1) is 0 Å². The lowest BCUT2D eigenvalue weighted by atomic mass is 9.91. The van der Waals surface area contributed by atoms with Gasteiger partial charge in [-0.1, -0.05) is 60.7 Å². The highest BCUT2D eigenvalue weighted by molar-refractivity contribution is 6.40. The van der Waals surface area contributed by atoms with E-state index >= 15 is 0 Å². The van der Waals surface area contributed by atoms with Gasteiger partial charge in [0.2, 0.25) is 0 Å². The molecule has 0 spiro atoms. The smallest absolute Gasteiger partial charge is 0.379 e. The fourth-order valence-corrected chi connectivity index (χ4v) is 2.56. The minimum absolute atomic E-state index is 0.184. The van der Waals surface area contributed by atoms with Crippen LogP contribution in [0.15, 0.2) is 60.7 Å². The van der Waals surface area contributed by atoms with Crippen LogP contribution < -0.4 is 0 Å². The lowest BCUT2D eigenvalue weighted by molar-refractivity contribution is -0.157. The molecule has 0 amide bonds. The summed E-state index contributed by atoms with van der Waals surface area (Å²) in [5.74, 6) is -2.96. The van der Waals surface area contributed by atoms with Crippen LogP contribution in [0.2, 0.25) is 0 Å². The third-order valence-corrected chi connectivity index (χ3v) is 3.91. The number of hydrogen-bond donors (Lipinski definition) is 2. The predicted octanol–water partition coefficient (Wildman–Crippen LogP) is 1.79. The van der Waals surface area contributed by atoms with E-state index < -0.39 is 36.4 Å². The zero-order chi connectivity index (χ0) is 19.7. The molecule has 1 atom stereocenters. The van der Waals surface area contributed by atoms with Crippen molar-refractivity contribution in [3.63, 3.8) is 0 Å². The number of Topliss-reactive ketones (excluding diaryl/α,β-unsaturated/α-hetero) is 1. The van der Waals surface area contributed by atoms with Crippen molar-refractivity contribution in [2.45, 2.75) is 12.0 Å². The maximum absolute atomic E-state index is 11.9. The first kappa shape index (κ1) is 20.3. The number of aliphatic hydroxyl groups is 1. The number of esters is 1. The van der Waals surface area contributed by atoms with Gasteiger partial charge in [0, 0.05) is 5.56 Å². The summed E-state index contributed by atoms with van der Waals surface area (Å²) in [6, 6.07) is 16.4. The molecule has 2 rings (SSSR count). The Kier molecular flexibility index (Phi) is 7.22. The van der Waals surface area contributed by atoms with Crippen molar-refractivity contribution >= 4 is 17.7 Å². The Labute approximate surface area is 156 Å². The van der Waals surface area contributed by atoms with Crippen molar-refractivity contribution in [3.8, 4) is 0 Å². The van der Waals surface area contributed by atoms with Crippen LogP contribution >= 0.6 is 0 Å². The molecule has 142 valence electrons. The number of hydrogen-bond acceptors (Lipinski definition) is 6. The molecule has 0 saturated heterocycles. The summed E-state index contributed by atoms with van der Waals surface area (Å²) < 4.78 is 10.5. The topological polar surface area (TPSA) is 110 Å². The zero-order valence-corrected chi connectivity index (χ0v) is 14.5. The second-order valence-corrected chi connectivity index (χ2v) is 5.77. The number of ketones is 1. The van der Waals surface area contributed by atoms with Crippen molar-refractivity contribution in [1.82, 2.24) is 0 Å². The first-order chi connectivity index (χ1) is 13.0. The van der Waals surface area contributed by atoms with E-state index in [1.54, 1.807) is 48.5 Å². The average Bonchev–Trinajstić information content (AvgIpc) is 2.70. The molecule has 2 aromatic rings. The summed E-state index contributed by atoms with van der Waals surface area (Å²) >= 11 is 0. The molecule has 1 unspecified atom stereocenters. The SMILES string of the molecule is O=C(O)CC(CO)(OCCOC(=O)C(=O)c1ccccc1)c1ccccc1. The van der Waals surface area contributed by atoms with E-state index in [-0.39, 0.29) is 18.8 Å². The quantitative estimate of drug-likeness (QED) is 0.283. The molecule has 2 aromatic carbocycles. The zero-order valence-electron chi connectivity index (χ0n) is 14.5. The number of aliphatic hydroxyl groups excluding tert-OH is 1. The molecule has 7 heteroatoms. The summed E-state index contributed by atoms with van der Waals surface area (Å²) in [4.78, 5) is 35.0. The van der Waals surface area contributed by atoms with Gasteiger partial charge in [0.1, 0.15) is 12.2 Å². The second kappa shape index (κ2) is 9.61. The Hall–Kier alpha value is -3.03. The largest absolute Gasteiger partial charge is 0.481 e. The Bertz CT molecular complexity index is 773. The monoisotopic (exact) mass is 372 g/mol. The molecule has 0 aliphatic heterocycles. The Balaban J connectivity index is 1.96. The van der Waals surface area contributed by atoms with Crippen LogP contribution in [0, 0.1) is 0 Å². The van der Waals surface area contributed by atoms with Gasteiger partial charge in [-0.05, 0) is 5.56 Å². The fraction of sp³-hybridized carbons (Fsp3) is 0.250. The Morgan fingerprint density at radius 3 is 2.04 bits per heavy atom. The molecule has 0 fully saturated rings. The maximum Gasteiger partial charge on any atom is 0.379 e. The number of carbonyl (C=O) groups is 3. The molecule has 0 heterocycles. The van der Waals surface area contributed by atoms with Crippen molar-refractivity contribution in [2.75, 3.05) is 19.8 Å². The van der Waals surface area contributed by atoms with Crippen LogP contribution in [-0.4, -0.2) is 47.8 Å². The van der Waals surface area contributed by atoms with Gasteiger partial charge in [0.25, 0.3) is 5.78 Å². The first-order valence-corrected chi connectivity index (χ1v) is 8.27. The molecule has 0 aromatic heterocycles. The molecule has 2 N–H and O–H groups in total. The summed E-state index contributed by atoms with van der Waals surface area (Å²) in [7, 11) is 0. The third kappa shape index (κ3) is 5.47. The minimum atomic E-state index is -1.47. The number of benzene rings is 2. The van der Waals surface area contributed by atoms with E-state index in [4.69, 9.17) is 14.6 Å². The molecule has 0 saturated carbocycles. The van der Waals surface area contributed by atoms with E-state index in [2.05, 4.69) is 0 Å². The van der Waals surface area contributed by atoms with Crippen LogP contribution in [0.5, 0.6) is 0 Å². The number of rotatable bonds is 10. The van der Waals surface area contributed by atoms with Gasteiger partial charge in [-0.2, -0.15) is 0 Å². The minimum Gasteiger partial charge on any atom is -0.481 e. The number of carboxylic acids is 1. The van der Waals surface area contributed by atoms with Crippen molar-refractivity contribution in [1.29, 1.82) is 0 Å². The highest BCUT2D eigenvalue weighted by Gasteiger charge is 2.35. The molecule has 0 radical (unpaired) electrons. The lowest BCUT2D eigenvalue weighted by Gasteiger charge is -2.31. The van der Waals surface area contributed by atoms with Crippen molar-refractivity contribution in [2.24, 2.45) is 0 Å². The van der Waals surface area contributed by atoms with E-state index in [0.717, 1.165) is 0 Å². The number of ether oxygens (including phenoxy) is 2. The van der Waals surface area contributed by atoms with Crippen LogP contribution in [0.1, 0.15) is 22.3 Å². The molecule has 27 heavy (non-hydrogen) atoms. The highest BCUT2D eigenvalue weighted by atomic mass is 16.6. The molecule has 0 bridgehead atoms. The molecule has 7 nitrogen and oxygen atoms in total. The number of carbonyl (C=O) groups excluding carboxylic acids is 2. The summed E-state index contributed by atoms with van der Waals surface area (Å²) in [6.07, 6.45) is -0.468. The average molecular weight is 372 g/mol. The van der Waals surface area contributed by atoms with Crippen LogP contribution in [-0.2, 0) is 24.7 Å². The van der Waals surface area contributed by atoms with Gasteiger partial charge < -0.3 is 19.7 Å². The summed E-state index contributed by atoms with van der Waals surface area (Å²) in [5.41, 5.74) is -0.770. The molecular formula is C20H20O7. The molecular weight excluding hydrogens is 352 g/mol. The first-order valence-electron chi connectivity index (χ1n) is 8.27. The van der Waals surface area contributed by atoms with E-state index in [1.807, 2.05) is 0 Å². The van der Waals surface area contributed by atoms with Crippen molar-refractivity contribution in [3.05, 3.63) is 71.8 Å². The van der Waals surface area contributed by atoms with Gasteiger partial charge in [-0.25, -0.2) is 4.79 Å².